The predicted octanol–water partition coefficient (Wildman–Crippen LogP) is 2.68. The van der Waals surface area contributed by atoms with Crippen molar-refractivity contribution in [2.45, 2.75) is 6.54 Å². The largest absolute Gasteiger partial charge is 0.360 e. The number of benzene rings is 1. The van der Waals surface area contributed by atoms with Gasteiger partial charge in [-0.3, -0.25) is 0 Å². The zero-order chi connectivity index (χ0) is 10.1. The molecule has 0 atom stereocenters. The molecule has 4 heteroatoms. The first kappa shape index (κ1) is 9.49. The normalized spacial score (nSPS) is 11.1. The Morgan fingerprint density at radius 1 is 1.50 bits per heavy atom. The zero-order valence-electron chi connectivity index (χ0n) is 7.70. The summed E-state index contributed by atoms with van der Waals surface area (Å²) in [5.41, 5.74) is 1.36. The highest BCUT2D eigenvalue weighted by Gasteiger charge is 2.10. The van der Waals surface area contributed by atoms with E-state index >= 15 is 0 Å². The van der Waals surface area contributed by atoms with E-state index in [0.717, 1.165) is 5.52 Å². The molecule has 0 aliphatic heterocycles. The number of H-pyrrole nitrogens is 1. The van der Waals surface area contributed by atoms with E-state index in [1.54, 1.807) is 19.3 Å². The topological polar surface area (TPSA) is 27.8 Å². The minimum absolute atomic E-state index is 0.247. The summed E-state index contributed by atoms with van der Waals surface area (Å²) < 4.78 is 13.8. The first-order valence-corrected chi connectivity index (χ1v) is 4.70. The average Bonchev–Trinajstić information content (AvgIpc) is 2.54. The maximum absolute atomic E-state index is 13.8. The van der Waals surface area contributed by atoms with Crippen LogP contribution in [0.15, 0.2) is 18.3 Å². The van der Waals surface area contributed by atoms with E-state index in [1.165, 1.54) is 0 Å². The lowest BCUT2D eigenvalue weighted by atomic mass is 10.1. The van der Waals surface area contributed by atoms with Crippen molar-refractivity contribution in [1.29, 1.82) is 0 Å². The third-order valence-corrected chi connectivity index (χ3v) is 2.48. The number of hydrogen-bond donors (Lipinski definition) is 2. The summed E-state index contributed by atoms with van der Waals surface area (Å²) in [6.07, 6.45) is 1.60. The molecule has 0 spiro atoms. The maximum atomic E-state index is 13.8. The molecule has 2 N–H and O–H groups in total. The van der Waals surface area contributed by atoms with Crippen LogP contribution in [0.3, 0.4) is 0 Å². The maximum Gasteiger partial charge on any atom is 0.138 e. The van der Waals surface area contributed by atoms with Crippen LogP contribution < -0.4 is 5.32 Å². The smallest absolute Gasteiger partial charge is 0.138 e. The molecular weight excluding hydrogens is 203 g/mol. The molecule has 2 rings (SSSR count). The van der Waals surface area contributed by atoms with Crippen molar-refractivity contribution in [3.8, 4) is 0 Å². The van der Waals surface area contributed by atoms with Gasteiger partial charge >= 0.3 is 0 Å². The van der Waals surface area contributed by atoms with E-state index in [2.05, 4.69) is 10.3 Å². The fourth-order valence-electron chi connectivity index (χ4n) is 1.51. The van der Waals surface area contributed by atoms with Crippen LogP contribution in [0.4, 0.5) is 4.39 Å². The third-order valence-electron chi connectivity index (χ3n) is 2.18. The van der Waals surface area contributed by atoms with Gasteiger partial charge in [-0.2, -0.15) is 0 Å². The van der Waals surface area contributed by atoms with Crippen molar-refractivity contribution in [2.75, 3.05) is 7.05 Å². The monoisotopic (exact) mass is 212 g/mol. The van der Waals surface area contributed by atoms with Crippen LogP contribution in [0.2, 0.25) is 5.02 Å². The number of aromatic nitrogens is 1. The molecule has 0 radical (unpaired) electrons. The van der Waals surface area contributed by atoms with E-state index in [1.807, 2.05) is 6.07 Å². The van der Waals surface area contributed by atoms with Gasteiger partial charge in [-0.05, 0) is 13.1 Å². The summed E-state index contributed by atoms with van der Waals surface area (Å²) in [6.45, 7) is 0.503. The van der Waals surface area contributed by atoms with E-state index in [-0.39, 0.29) is 5.82 Å². The highest BCUT2D eigenvalue weighted by atomic mass is 35.5. The summed E-state index contributed by atoms with van der Waals surface area (Å²) in [5, 5.41) is 3.81. The number of nitrogens with one attached hydrogen (secondary N) is 2. The molecule has 14 heavy (non-hydrogen) atoms. The van der Waals surface area contributed by atoms with Crippen LogP contribution in [0.1, 0.15) is 5.56 Å². The Balaban J connectivity index is 2.66. The molecule has 0 saturated carbocycles. The zero-order valence-corrected chi connectivity index (χ0v) is 8.45. The van der Waals surface area contributed by atoms with Gasteiger partial charge < -0.3 is 10.3 Å². The van der Waals surface area contributed by atoms with Crippen LogP contribution in [0.5, 0.6) is 0 Å². The summed E-state index contributed by atoms with van der Waals surface area (Å²) in [5.74, 6) is -0.247. The minimum Gasteiger partial charge on any atom is -0.360 e. The van der Waals surface area contributed by atoms with Crippen LogP contribution in [-0.2, 0) is 6.54 Å². The van der Waals surface area contributed by atoms with Gasteiger partial charge in [0.15, 0.2) is 0 Å². The summed E-state index contributed by atoms with van der Waals surface area (Å²) in [4.78, 5) is 2.91. The van der Waals surface area contributed by atoms with Gasteiger partial charge in [-0.25, -0.2) is 4.39 Å². The molecule has 0 saturated heterocycles. The Bertz CT molecular complexity index is 464. The van der Waals surface area contributed by atoms with Crippen LogP contribution in [-0.4, -0.2) is 12.0 Å². The Labute approximate surface area is 86.1 Å². The molecule has 2 aromatic rings. The highest BCUT2D eigenvalue weighted by Crippen LogP contribution is 2.27. The SMILES string of the molecule is CNCc1ccc2[nH]cc(Cl)c2c1F. The minimum atomic E-state index is -0.247. The molecule has 0 aliphatic rings. The quantitative estimate of drug-likeness (QED) is 0.787. The Kier molecular flexibility index (Phi) is 2.44. The van der Waals surface area contributed by atoms with Crippen molar-refractivity contribution >= 4 is 22.5 Å². The van der Waals surface area contributed by atoms with Gasteiger partial charge in [-0.15, -0.1) is 0 Å². The van der Waals surface area contributed by atoms with Crippen molar-refractivity contribution in [3.05, 3.63) is 34.7 Å². The number of hydrogen-bond acceptors (Lipinski definition) is 1. The van der Waals surface area contributed by atoms with Crippen molar-refractivity contribution < 1.29 is 4.39 Å². The Morgan fingerprint density at radius 2 is 2.29 bits per heavy atom. The fourth-order valence-corrected chi connectivity index (χ4v) is 1.75. The highest BCUT2D eigenvalue weighted by molar-refractivity contribution is 6.35. The van der Waals surface area contributed by atoms with Crippen LogP contribution in [0.25, 0.3) is 10.9 Å². The van der Waals surface area contributed by atoms with E-state index in [4.69, 9.17) is 11.6 Å². The van der Waals surface area contributed by atoms with E-state index < -0.39 is 0 Å². The fraction of sp³-hybridized carbons (Fsp3) is 0.200. The molecule has 1 heterocycles. The first-order chi connectivity index (χ1) is 6.74. The molecule has 2 nitrogen and oxygen atoms in total. The molecule has 1 aromatic heterocycles. The second kappa shape index (κ2) is 3.59. The summed E-state index contributed by atoms with van der Waals surface area (Å²) in [7, 11) is 1.78. The lowest BCUT2D eigenvalue weighted by Gasteiger charge is -2.03. The molecule has 0 amide bonds. The number of rotatable bonds is 2. The van der Waals surface area contributed by atoms with Crippen LogP contribution in [0, 0.1) is 5.82 Å². The molecule has 1 aromatic carbocycles. The van der Waals surface area contributed by atoms with Crippen molar-refractivity contribution in [2.24, 2.45) is 0 Å². The third kappa shape index (κ3) is 1.38. The number of aromatic amines is 1. The number of halogens is 2. The van der Waals surface area contributed by atoms with Gasteiger partial charge in [0.05, 0.1) is 10.4 Å². The van der Waals surface area contributed by atoms with Crippen molar-refractivity contribution in [3.63, 3.8) is 0 Å². The lowest BCUT2D eigenvalue weighted by Crippen LogP contribution is -2.06. The second-order valence-corrected chi connectivity index (χ2v) is 3.54. The van der Waals surface area contributed by atoms with Gasteiger partial charge in [0.2, 0.25) is 0 Å². The Morgan fingerprint density at radius 3 is 3.00 bits per heavy atom. The molecule has 74 valence electrons. The van der Waals surface area contributed by atoms with Gasteiger partial charge in [0.25, 0.3) is 0 Å². The lowest BCUT2D eigenvalue weighted by molar-refractivity contribution is 0.612. The van der Waals surface area contributed by atoms with E-state index in [9.17, 15) is 4.39 Å². The molecule has 0 fully saturated rings. The molecular formula is C10H10ClFN2. The van der Waals surface area contributed by atoms with Crippen molar-refractivity contribution in [1.82, 2.24) is 10.3 Å². The molecule has 0 aliphatic carbocycles. The van der Waals surface area contributed by atoms with Crippen LogP contribution >= 0.6 is 11.6 Å². The van der Waals surface area contributed by atoms with Gasteiger partial charge in [0, 0.05) is 23.8 Å². The first-order valence-electron chi connectivity index (χ1n) is 4.32. The predicted molar refractivity (Wildman–Crippen MR) is 56.0 cm³/mol. The average molecular weight is 213 g/mol. The van der Waals surface area contributed by atoms with Gasteiger partial charge in [0.1, 0.15) is 5.82 Å². The molecule has 0 unspecified atom stereocenters. The molecule has 0 bridgehead atoms. The second-order valence-electron chi connectivity index (χ2n) is 3.13. The number of fused-ring (bicyclic) bond motifs is 1. The van der Waals surface area contributed by atoms with Gasteiger partial charge in [-0.1, -0.05) is 17.7 Å². The van der Waals surface area contributed by atoms with E-state index in [0.29, 0.717) is 22.5 Å². The summed E-state index contributed by atoms with van der Waals surface area (Å²) >= 11 is 5.86. The Hall–Kier alpha value is -1.06. The summed E-state index contributed by atoms with van der Waals surface area (Å²) in [6, 6.07) is 3.58. The standard InChI is InChI=1S/C10H10ClFN2/c1-13-4-6-2-3-8-9(10(6)12)7(11)5-14-8/h2-3,5,13-14H,4H2,1H3.